The first kappa shape index (κ1) is 119. The molecule has 732 valence electrons. The molecule has 0 spiro atoms. The molecule has 6 aliphatic rings. The van der Waals surface area contributed by atoms with E-state index < -0.39 is 73.9 Å². The van der Waals surface area contributed by atoms with Gasteiger partial charge in [-0.15, -0.1) is 5.06 Å². The number of imide groups is 2. The molecule has 4 bridgehead atoms. The summed E-state index contributed by atoms with van der Waals surface area (Å²) in [5, 5.41) is 80.9. The number of carbonyl (C=O) groups is 8. The van der Waals surface area contributed by atoms with E-state index in [0.717, 1.165) is 65.0 Å². The minimum atomic E-state index is -1.67. The largest absolute Gasteiger partial charge is 0.478 e. The van der Waals surface area contributed by atoms with Crippen LogP contribution in [0.25, 0.3) is 0 Å². The quantitative estimate of drug-likeness (QED) is 0.00428. The second-order valence-electron chi connectivity index (χ2n) is 30.0. The maximum absolute atomic E-state index is 12.4. The van der Waals surface area contributed by atoms with Crippen molar-refractivity contribution in [1.29, 1.82) is 0 Å². The Morgan fingerprint density at radius 1 is 0.450 bits per heavy atom. The zero-order valence-electron chi connectivity index (χ0n) is 74.9. The number of hydrogen-bond acceptors (Lipinski definition) is 30. The fraction of sp³-hybridized carbons (Fsp3) is 0.537. The third kappa shape index (κ3) is 47.8. The fourth-order valence-electron chi connectivity index (χ4n) is 14.6. The van der Waals surface area contributed by atoms with Crippen LogP contribution in [0.3, 0.4) is 0 Å². The zero-order chi connectivity index (χ0) is 95.6. The summed E-state index contributed by atoms with van der Waals surface area (Å²) in [6.45, 7) is 16.8. The first-order valence-electron chi connectivity index (χ1n) is 43.1. The number of methoxy groups -OCH3 is 1. The smallest absolute Gasteiger partial charge is 0.363 e. The summed E-state index contributed by atoms with van der Waals surface area (Å²) >= 11 is 0. The monoisotopic (exact) mass is 1900 g/mol. The number of hydroxylamine groups is 4. The number of rotatable bonds is 46. The molecule has 2 heterocycles. The lowest BCUT2D eigenvalue weighted by atomic mass is 9.49. The number of carboxylic acids is 1. The minimum Gasteiger partial charge on any atom is -0.478 e. The molecular weight excluding hydrogens is 1770 g/mol. The van der Waals surface area contributed by atoms with Crippen molar-refractivity contribution in [3.05, 3.63) is 214 Å². The Morgan fingerprint density at radius 2 is 0.756 bits per heavy atom. The van der Waals surface area contributed by atoms with Crippen molar-refractivity contribution in [3.63, 3.8) is 0 Å². The van der Waals surface area contributed by atoms with Crippen LogP contribution in [-0.2, 0) is 111 Å². The number of esters is 2. The second-order valence-corrected chi connectivity index (χ2v) is 32.5. The van der Waals surface area contributed by atoms with Crippen molar-refractivity contribution in [2.24, 2.45) is 23.2 Å². The van der Waals surface area contributed by atoms with Crippen molar-refractivity contribution >= 4 is 78.1 Å². The van der Waals surface area contributed by atoms with Crippen LogP contribution >= 0.6 is 21.4 Å². The van der Waals surface area contributed by atoms with E-state index >= 15 is 0 Å². The van der Waals surface area contributed by atoms with Gasteiger partial charge < -0.3 is 103 Å². The lowest BCUT2D eigenvalue weighted by Crippen LogP contribution is -2.46. The molecule has 131 heavy (non-hydrogen) atoms. The molecule has 1 unspecified atom stereocenters. The van der Waals surface area contributed by atoms with Crippen molar-refractivity contribution in [2.75, 3.05) is 179 Å². The number of benzene rings is 6. The number of nitrogens with zero attached hydrogens (tertiary/aromatic N) is 2. The number of carboxylic acid groups (broad SMARTS) is 1. The number of aliphatic hydroxyl groups is 7. The third-order valence-electron chi connectivity index (χ3n) is 20.3. The topological polar surface area (TPSA) is 462 Å². The zero-order valence-corrected chi connectivity index (χ0v) is 77.2. The normalized spacial score (nSPS) is 16.3. The molecule has 33 nitrogen and oxygen atoms in total. The summed E-state index contributed by atoms with van der Waals surface area (Å²) in [6.07, 6.45) is 10.7. The summed E-state index contributed by atoms with van der Waals surface area (Å²) in [5.41, 5.74) is 4.65. The molecule has 4 saturated carbocycles. The molecule has 6 aromatic rings. The highest BCUT2D eigenvalue weighted by Gasteiger charge is 2.50. The van der Waals surface area contributed by atoms with Crippen LogP contribution in [0.5, 0.6) is 0 Å². The van der Waals surface area contributed by atoms with Gasteiger partial charge >= 0.3 is 23.9 Å². The highest BCUT2D eigenvalue weighted by Crippen LogP contribution is 2.61. The second kappa shape index (κ2) is 71.1. The van der Waals surface area contributed by atoms with Crippen LogP contribution in [0.2, 0.25) is 0 Å². The number of aliphatic hydroxyl groups excluding tert-OH is 6. The average molecular weight is 1910 g/mol. The molecule has 1 atom stereocenters. The van der Waals surface area contributed by atoms with E-state index in [1.807, 2.05) is 109 Å². The maximum Gasteiger partial charge on any atom is 0.363 e. The summed E-state index contributed by atoms with van der Waals surface area (Å²) in [6, 6.07) is 52.4. The van der Waals surface area contributed by atoms with E-state index in [4.69, 9.17) is 97.4 Å². The number of amides is 4. The van der Waals surface area contributed by atoms with Gasteiger partial charge in [-0.1, -0.05) is 160 Å². The van der Waals surface area contributed by atoms with Gasteiger partial charge in [0.25, 0.3) is 23.6 Å². The molecule has 6 fully saturated rings. The Bertz CT molecular complexity index is 3870. The lowest BCUT2D eigenvalue weighted by molar-refractivity contribution is -0.173. The van der Waals surface area contributed by atoms with Gasteiger partial charge in [0, 0.05) is 86.6 Å². The first-order valence-corrected chi connectivity index (χ1v) is 45.9. The third-order valence-corrected chi connectivity index (χ3v) is 20.3. The summed E-state index contributed by atoms with van der Waals surface area (Å²) in [5.74, 6) is -1.58. The standard InChI is InChI=1S/C25H21NO4.C20H16O3.C12H20O.C9H20O5.C9H20O4.C8H18O5.C7H12O5.C4H5NO3.CH4.Cl2OS/c1-25(19-8-4-2-5-9-19,20-10-6-3-7-11-20)21-14-12-18(13-15-21)24(29)30-26-22(27)16-17-23(26)28;21-19(22)15-11-13-18(14-12-15)20(23,16-7-3-1-4-8-16)17-9-5-2-6-10-17;13-2-1-12-6-9-3-10(7-12)5-11(4-9)8-12;1-11-4-5-13-8-9-14-7-6-12-3-2-10;1-2-4-11-6-8-13-9-7-12-5-3-10;9-1-3-11-5-7-13-8-6-12-4-2-10;1-5(9)11-4-7(3-8)12-6(2)10;6-3-1-2-4(7)5(3)8;;1-4(2)3/h2-15H,16-17H2,1H3;1-14,23H,(H,21,22);9-11,13H,1-8H2;10H,2-9H2,1H3;10H,2-9H2,1H3;9-10H,1-8H2;7-8H,3-4H2,1-2H3;8H,1-2H2;1H4;. The van der Waals surface area contributed by atoms with Gasteiger partial charge in [0.05, 0.1) is 163 Å². The molecule has 6 aromatic carbocycles. The Balaban J connectivity index is 0.000000520. The lowest BCUT2D eigenvalue weighted by Gasteiger charge is -2.57. The molecular formula is C95H136Cl2N2O31S. The van der Waals surface area contributed by atoms with Crippen LogP contribution < -0.4 is 0 Å². The molecule has 4 aliphatic carbocycles. The first-order chi connectivity index (χ1) is 62.7. The fourth-order valence-corrected chi connectivity index (χ4v) is 14.6. The van der Waals surface area contributed by atoms with Crippen molar-refractivity contribution in [2.45, 2.75) is 129 Å². The van der Waals surface area contributed by atoms with Gasteiger partial charge in [0.1, 0.15) is 12.2 Å². The number of aromatic carboxylic acids is 1. The van der Waals surface area contributed by atoms with Crippen molar-refractivity contribution in [3.8, 4) is 0 Å². The Morgan fingerprint density at radius 3 is 1.05 bits per heavy atom. The molecule has 2 saturated heterocycles. The van der Waals surface area contributed by atoms with Crippen LogP contribution in [0.1, 0.15) is 166 Å². The van der Waals surface area contributed by atoms with E-state index in [9.17, 15) is 43.5 Å². The number of ether oxygens (including phenoxy) is 12. The minimum absolute atomic E-state index is 0. The number of halogens is 2. The van der Waals surface area contributed by atoms with Gasteiger partial charge in [-0.25, -0.2) is 13.8 Å². The van der Waals surface area contributed by atoms with E-state index in [1.165, 1.54) is 64.5 Å². The van der Waals surface area contributed by atoms with Gasteiger partial charge in [0.15, 0.2) is 6.10 Å². The number of carbonyl (C=O) groups excluding carboxylic acids is 7. The summed E-state index contributed by atoms with van der Waals surface area (Å²) in [4.78, 5) is 93.0. The van der Waals surface area contributed by atoms with Crippen LogP contribution in [-0.4, -0.2) is 293 Å². The van der Waals surface area contributed by atoms with E-state index in [-0.39, 0.29) is 88.9 Å². The molecule has 0 radical (unpaired) electrons. The predicted octanol–water partition coefficient (Wildman–Crippen LogP) is 10.3. The average Bonchev–Trinajstić information content (AvgIpc) is 0.925. The van der Waals surface area contributed by atoms with Gasteiger partial charge in [0.2, 0.25) is 9.23 Å². The molecule has 12 rings (SSSR count). The van der Waals surface area contributed by atoms with Gasteiger partial charge in [-0.3, -0.25) is 34.0 Å². The molecule has 4 amide bonds. The van der Waals surface area contributed by atoms with E-state index in [0.29, 0.717) is 142 Å². The molecule has 9 N–H and O–H groups in total. The van der Waals surface area contributed by atoms with Crippen molar-refractivity contribution in [1.82, 2.24) is 10.1 Å². The maximum atomic E-state index is 12.4. The summed E-state index contributed by atoms with van der Waals surface area (Å²) in [7, 11) is 9.00. The van der Waals surface area contributed by atoms with Crippen LogP contribution in [0.4, 0.5) is 0 Å². The van der Waals surface area contributed by atoms with Crippen LogP contribution in [0.15, 0.2) is 170 Å². The molecule has 36 heteroatoms. The predicted molar refractivity (Wildman–Crippen MR) is 489 cm³/mol. The van der Waals surface area contributed by atoms with Gasteiger partial charge in [-0.05, 0) is 139 Å². The van der Waals surface area contributed by atoms with E-state index in [2.05, 4.69) is 69.0 Å². The Kier molecular flexibility index (Phi) is 64.4. The number of hydrogen-bond donors (Lipinski definition) is 9. The highest BCUT2D eigenvalue weighted by molar-refractivity contribution is 8.26. The SMILES string of the molecule is C.CC(=O)OCC(CO)OC(C)=O.CC(c1ccccc1)(c1ccccc1)c1ccc(C(=O)ON2C(=O)CCC2=O)cc1.CCCOCCOCCOCCO.COCCOCCOCCOCCO.O=C(O)c1ccc(C(O)(c2ccccc2)c2ccccc2)cc1.O=C1CCC(=O)N1O.O=S(Cl)Cl.OCCC12CC3CC(CC(C3)C1)C2.OCCOCCOCCOCCO. The van der Waals surface area contributed by atoms with Crippen molar-refractivity contribution < 1.29 is 150 Å². The summed E-state index contributed by atoms with van der Waals surface area (Å²) < 4.78 is 68.8. The molecule has 0 aromatic heterocycles. The Labute approximate surface area is 780 Å². The highest BCUT2D eigenvalue weighted by atomic mass is 36.0. The Hall–Kier alpha value is -8.51. The molecule has 2 aliphatic heterocycles. The van der Waals surface area contributed by atoms with Gasteiger partial charge in [-0.2, -0.15) is 5.06 Å². The van der Waals surface area contributed by atoms with Crippen LogP contribution in [0, 0.1) is 23.2 Å². The van der Waals surface area contributed by atoms with E-state index in [1.54, 1.807) is 31.4 Å².